The van der Waals surface area contributed by atoms with Crippen LogP contribution in [0.1, 0.15) is 37.6 Å². The fraction of sp³-hybridized carbons (Fsp3) is 0.538. The van der Waals surface area contributed by atoms with Crippen LogP contribution in [0.25, 0.3) is 0 Å². The molecule has 1 N–H and O–H groups in total. The summed E-state index contributed by atoms with van der Waals surface area (Å²) in [6.45, 7) is 6.93. The largest absolute Gasteiger partial charge is 0.356 e. The van der Waals surface area contributed by atoms with Crippen LogP contribution in [0, 0.1) is 5.92 Å². The van der Waals surface area contributed by atoms with E-state index in [0.29, 0.717) is 19.5 Å². The van der Waals surface area contributed by atoms with E-state index in [1.807, 2.05) is 37.7 Å². The van der Waals surface area contributed by atoms with Crippen molar-refractivity contribution in [2.75, 3.05) is 6.54 Å². The fourth-order valence-electron chi connectivity index (χ4n) is 1.58. The van der Waals surface area contributed by atoms with Gasteiger partial charge in [0, 0.05) is 43.4 Å². The van der Waals surface area contributed by atoms with Gasteiger partial charge in [-0.2, -0.15) is 0 Å². The van der Waals surface area contributed by atoms with E-state index in [-0.39, 0.29) is 17.6 Å². The molecule has 0 aliphatic heterocycles. The van der Waals surface area contributed by atoms with Crippen molar-refractivity contribution in [3.8, 4) is 0 Å². The van der Waals surface area contributed by atoms with Crippen LogP contribution in [0.3, 0.4) is 0 Å². The molecule has 1 heterocycles. The van der Waals surface area contributed by atoms with Gasteiger partial charge in [-0.15, -0.1) is 0 Å². The lowest BCUT2D eigenvalue weighted by Gasteiger charge is -2.03. The maximum Gasteiger partial charge on any atom is 0.221 e. The summed E-state index contributed by atoms with van der Waals surface area (Å²) in [5.41, 5.74) is 0.718. The molecule has 0 fully saturated rings. The van der Waals surface area contributed by atoms with Gasteiger partial charge in [0.25, 0.3) is 0 Å². The van der Waals surface area contributed by atoms with Crippen LogP contribution in [0.5, 0.6) is 0 Å². The van der Waals surface area contributed by atoms with Crippen molar-refractivity contribution < 1.29 is 9.59 Å². The predicted octanol–water partition coefficient (Wildman–Crippen LogP) is 1.85. The molecule has 0 bridgehead atoms. The molecule has 0 spiro atoms. The van der Waals surface area contributed by atoms with Gasteiger partial charge in [-0.25, -0.2) is 0 Å². The first-order valence-electron chi connectivity index (χ1n) is 6.01. The third-order valence-corrected chi connectivity index (χ3v) is 2.53. The molecule has 1 amide bonds. The highest BCUT2D eigenvalue weighted by atomic mass is 16.1. The van der Waals surface area contributed by atoms with E-state index in [2.05, 4.69) is 5.32 Å². The molecule has 0 unspecified atom stereocenters. The molecule has 1 aromatic heterocycles. The Kier molecular flexibility index (Phi) is 4.94. The zero-order chi connectivity index (χ0) is 12.8. The highest BCUT2D eigenvalue weighted by Gasteiger charge is 2.11. The second-order valence-electron chi connectivity index (χ2n) is 4.36. The van der Waals surface area contributed by atoms with Crippen LogP contribution in [0.15, 0.2) is 18.5 Å². The van der Waals surface area contributed by atoms with Gasteiger partial charge in [-0.3, -0.25) is 9.59 Å². The summed E-state index contributed by atoms with van der Waals surface area (Å²) in [6.07, 6.45) is 4.09. The van der Waals surface area contributed by atoms with Crippen molar-refractivity contribution in [2.24, 2.45) is 5.92 Å². The van der Waals surface area contributed by atoms with E-state index in [1.165, 1.54) is 0 Å². The number of nitrogens with zero attached hydrogens (tertiary/aromatic N) is 1. The monoisotopic (exact) mass is 236 g/mol. The number of aryl methyl sites for hydroxylation is 1. The average molecular weight is 236 g/mol. The van der Waals surface area contributed by atoms with Gasteiger partial charge in [0.1, 0.15) is 0 Å². The molecule has 0 aliphatic carbocycles. The number of aromatic nitrogens is 1. The Balaban J connectivity index is 2.51. The smallest absolute Gasteiger partial charge is 0.221 e. The predicted molar refractivity (Wildman–Crippen MR) is 66.9 cm³/mol. The van der Waals surface area contributed by atoms with Crippen LogP contribution in [-0.4, -0.2) is 22.8 Å². The van der Waals surface area contributed by atoms with Gasteiger partial charge in [0.15, 0.2) is 5.78 Å². The van der Waals surface area contributed by atoms with E-state index >= 15 is 0 Å². The molecule has 17 heavy (non-hydrogen) atoms. The van der Waals surface area contributed by atoms with Gasteiger partial charge >= 0.3 is 0 Å². The third kappa shape index (κ3) is 4.06. The molecule has 4 heteroatoms. The highest BCUT2D eigenvalue weighted by Crippen LogP contribution is 2.09. The summed E-state index contributed by atoms with van der Waals surface area (Å²) >= 11 is 0. The lowest BCUT2D eigenvalue weighted by Crippen LogP contribution is -2.23. The summed E-state index contributed by atoms with van der Waals surface area (Å²) in [6, 6.07) is 1.81. The molecule has 0 saturated carbocycles. The quantitative estimate of drug-likeness (QED) is 0.766. The Labute approximate surface area is 102 Å². The van der Waals surface area contributed by atoms with Crippen LogP contribution in [-0.2, 0) is 11.3 Å². The molecule has 1 rings (SSSR count). The first-order valence-corrected chi connectivity index (χ1v) is 6.01. The number of ketones is 1. The van der Waals surface area contributed by atoms with Crippen LogP contribution in [0.4, 0.5) is 0 Å². The number of rotatable bonds is 6. The van der Waals surface area contributed by atoms with Gasteiger partial charge in [-0.05, 0) is 13.0 Å². The Morgan fingerprint density at radius 3 is 2.71 bits per heavy atom. The summed E-state index contributed by atoms with van der Waals surface area (Å²) in [4.78, 5) is 23.0. The molecular weight excluding hydrogens is 216 g/mol. The first-order chi connectivity index (χ1) is 8.04. The van der Waals surface area contributed by atoms with Crippen LogP contribution in [0.2, 0.25) is 0 Å². The topological polar surface area (TPSA) is 51.1 Å². The fourth-order valence-corrected chi connectivity index (χ4v) is 1.58. The van der Waals surface area contributed by atoms with Crippen molar-refractivity contribution in [1.82, 2.24) is 9.88 Å². The summed E-state index contributed by atoms with van der Waals surface area (Å²) < 4.78 is 1.88. The number of hydrogen-bond donors (Lipinski definition) is 1. The normalized spacial score (nSPS) is 10.6. The third-order valence-electron chi connectivity index (χ3n) is 2.53. The van der Waals surface area contributed by atoms with Gasteiger partial charge in [0.2, 0.25) is 5.91 Å². The van der Waals surface area contributed by atoms with E-state index in [0.717, 1.165) is 5.56 Å². The van der Waals surface area contributed by atoms with Crippen LogP contribution >= 0.6 is 0 Å². The Morgan fingerprint density at radius 2 is 2.12 bits per heavy atom. The Hall–Kier alpha value is -1.58. The molecule has 94 valence electrons. The molecule has 1 aromatic rings. The Bertz CT molecular complexity index is 394. The number of amides is 1. The van der Waals surface area contributed by atoms with Crippen molar-refractivity contribution >= 4 is 11.7 Å². The van der Waals surface area contributed by atoms with Crippen molar-refractivity contribution in [3.63, 3.8) is 0 Å². The maximum atomic E-state index is 11.7. The Morgan fingerprint density at radius 1 is 1.41 bits per heavy atom. The number of carbonyl (C=O) groups is 2. The van der Waals surface area contributed by atoms with Gasteiger partial charge in [-0.1, -0.05) is 13.8 Å². The molecule has 0 aliphatic rings. The summed E-state index contributed by atoms with van der Waals surface area (Å²) in [5, 5.41) is 2.74. The minimum atomic E-state index is 0.00856. The van der Waals surface area contributed by atoms with E-state index in [1.54, 1.807) is 6.07 Å². The molecule has 0 atom stereocenters. The van der Waals surface area contributed by atoms with Crippen molar-refractivity contribution in [1.29, 1.82) is 0 Å². The maximum absolute atomic E-state index is 11.7. The summed E-state index contributed by atoms with van der Waals surface area (Å²) in [5.74, 6) is 0.189. The highest BCUT2D eigenvalue weighted by molar-refractivity contribution is 5.97. The number of hydrogen-bond acceptors (Lipinski definition) is 2. The number of carbonyl (C=O) groups excluding carboxylic acids is 2. The van der Waals surface area contributed by atoms with Gasteiger partial charge < -0.3 is 9.88 Å². The van der Waals surface area contributed by atoms with E-state index < -0.39 is 0 Å². The molecule has 4 nitrogen and oxygen atoms in total. The standard InChI is InChI=1S/C13H20N2O2/c1-4-14-12(16)6-8-15-7-5-11(9-15)13(17)10(2)3/h5,7,9-10H,4,6,8H2,1-3H3,(H,14,16). The number of Topliss-reactive ketones (excluding diaryl/α,β-unsaturated/α-hetero) is 1. The molecular formula is C13H20N2O2. The van der Waals surface area contributed by atoms with Gasteiger partial charge in [0.05, 0.1) is 0 Å². The SMILES string of the molecule is CCNC(=O)CCn1ccc(C(=O)C(C)C)c1. The van der Waals surface area contributed by atoms with Crippen LogP contribution < -0.4 is 5.32 Å². The van der Waals surface area contributed by atoms with E-state index in [9.17, 15) is 9.59 Å². The zero-order valence-electron chi connectivity index (χ0n) is 10.7. The second kappa shape index (κ2) is 6.23. The molecule has 0 radical (unpaired) electrons. The lowest BCUT2D eigenvalue weighted by atomic mass is 10.0. The second-order valence-corrected chi connectivity index (χ2v) is 4.36. The number of nitrogens with one attached hydrogen (secondary N) is 1. The van der Waals surface area contributed by atoms with E-state index in [4.69, 9.17) is 0 Å². The average Bonchev–Trinajstić information content (AvgIpc) is 2.74. The minimum Gasteiger partial charge on any atom is -0.356 e. The molecule has 0 saturated heterocycles. The van der Waals surface area contributed by atoms with Crippen molar-refractivity contribution in [3.05, 3.63) is 24.0 Å². The summed E-state index contributed by atoms with van der Waals surface area (Å²) in [7, 11) is 0. The zero-order valence-corrected chi connectivity index (χ0v) is 10.7. The molecule has 0 aromatic carbocycles. The lowest BCUT2D eigenvalue weighted by molar-refractivity contribution is -0.121. The van der Waals surface area contributed by atoms with Crippen molar-refractivity contribution in [2.45, 2.75) is 33.7 Å². The first kappa shape index (κ1) is 13.5. The minimum absolute atomic E-state index is 0.00856.